The molecule has 0 amide bonds. The van der Waals surface area contributed by atoms with Gasteiger partial charge in [0, 0.05) is 6.08 Å². The van der Waals surface area contributed by atoms with Crippen LogP contribution in [0.4, 0.5) is 8.78 Å². The molecular weight excluding hydrogens is 170 g/mol. The Morgan fingerprint density at radius 3 is 2.67 bits per heavy atom. The number of alkyl halides is 2. The predicted molar refractivity (Wildman–Crippen MR) is 37.7 cm³/mol. The number of hydrogen-bond acceptors (Lipinski definition) is 3. The van der Waals surface area contributed by atoms with Gasteiger partial charge in [0.15, 0.2) is 6.61 Å². The Hall–Kier alpha value is -0.970. The molecule has 0 radical (unpaired) electrons. The second kappa shape index (κ2) is 4.82. The van der Waals surface area contributed by atoms with Crippen molar-refractivity contribution in [2.75, 3.05) is 13.2 Å². The molecule has 0 aromatic carbocycles. The van der Waals surface area contributed by atoms with Crippen molar-refractivity contribution in [1.29, 1.82) is 0 Å². The molecule has 0 aliphatic heterocycles. The highest BCUT2D eigenvalue weighted by Gasteiger charge is 2.31. The third-order valence-corrected chi connectivity index (χ3v) is 0.905. The van der Waals surface area contributed by atoms with Gasteiger partial charge in [-0.2, -0.15) is 8.78 Å². The van der Waals surface area contributed by atoms with Crippen molar-refractivity contribution in [3.63, 3.8) is 0 Å². The number of halogens is 2. The van der Waals surface area contributed by atoms with Crippen LogP contribution in [0.15, 0.2) is 12.7 Å². The number of rotatable bonds is 5. The van der Waals surface area contributed by atoms with Crippen molar-refractivity contribution < 1.29 is 23.0 Å². The second-order valence-electron chi connectivity index (χ2n) is 1.88. The first-order chi connectivity index (χ1) is 5.52. The van der Waals surface area contributed by atoms with Crippen molar-refractivity contribution >= 4 is 5.97 Å². The van der Waals surface area contributed by atoms with Crippen LogP contribution in [0.1, 0.15) is 6.92 Å². The van der Waals surface area contributed by atoms with Crippen LogP contribution in [0.3, 0.4) is 0 Å². The van der Waals surface area contributed by atoms with Gasteiger partial charge in [-0.25, -0.2) is 4.79 Å². The maximum absolute atomic E-state index is 12.4. The number of carbonyl (C=O) groups is 1. The Morgan fingerprint density at radius 2 is 2.25 bits per heavy atom. The van der Waals surface area contributed by atoms with Crippen LogP contribution in [0.25, 0.3) is 0 Å². The minimum atomic E-state index is -3.41. The quantitative estimate of drug-likeness (QED) is 0.473. The first-order valence-electron chi connectivity index (χ1n) is 3.33. The van der Waals surface area contributed by atoms with Crippen LogP contribution in [-0.4, -0.2) is 25.3 Å². The van der Waals surface area contributed by atoms with E-state index in [1.165, 1.54) is 6.92 Å². The van der Waals surface area contributed by atoms with Crippen molar-refractivity contribution in [2.24, 2.45) is 0 Å². The van der Waals surface area contributed by atoms with Crippen molar-refractivity contribution in [3.05, 3.63) is 12.7 Å². The Labute approximate surface area is 69.0 Å². The number of esters is 1. The third kappa shape index (κ3) is 4.79. The minimum Gasteiger partial charge on any atom is -0.453 e. The molecule has 70 valence electrons. The first-order valence-corrected chi connectivity index (χ1v) is 3.33. The second-order valence-corrected chi connectivity index (χ2v) is 1.88. The highest BCUT2D eigenvalue weighted by atomic mass is 19.3. The molecular formula is C7H10F2O3. The summed E-state index contributed by atoms with van der Waals surface area (Å²) in [6.07, 6.45) is -2.60. The molecule has 0 atom stereocenters. The molecule has 0 heterocycles. The number of carbonyl (C=O) groups excluding carboxylic acids is 1. The lowest BCUT2D eigenvalue weighted by molar-refractivity contribution is -0.258. The fraction of sp³-hybridized carbons (Fsp3) is 0.571. The summed E-state index contributed by atoms with van der Waals surface area (Å²) in [6.45, 7) is 3.25. The van der Waals surface area contributed by atoms with Crippen molar-refractivity contribution in [2.45, 2.75) is 13.0 Å². The smallest absolute Gasteiger partial charge is 0.389 e. The van der Waals surface area contributed by atoms with E-state index in [2.05, 4.69) is 16.1 Å². The van der Waals surface area contributed by atoms with Gasteiger partial charge in [-0.3, -0.25) is 0 Å². The largest absolute Gasteiger partial charge is 0.453 e. The van der Waals surface area contributed by atoms with E-state index < -0.39 is 18.7 Å². The zero-order valence-corrected chi connectivity index (χ0v) is 6.68. The maximum Gasteiger partial charge on any atom is 0.389 e. The number of ether oxygens (including phenoxy) is 2. The topological polar surface area (TPSA) is 35.5 Å². The van der Waals surface area contributed by atoms with Crippen LogP contribution >= 0.6 is 0 Å². The van der Waals surface area contributed by atoms with Crippen molar-refractivity contribution in [3.8, 4) is 0 Å². The monoisotopic (exact) mass is 180 g/mol. The zero-order chi connectivity index (χ0) is 9.61. The van der Waals surface area contributed by atoms with Gasteiger partial charge in [0.25, 0.3) is 0 Å². The van der Waals surface area contributed by atoms with Crippen LogP contribution < -0.4 is 0 Å². The molecule has 12 heavy (non-hydrogen) atoms. The van der Waals surface area contributed by atoms with Crippen molar-refractivity contribution in [1.82, 2.24) is 0 Å². The normalized spacial score (nSPS) is 10.9. The van der Waals surface area contributed by atoms with E-state index in [0.29, 0.717) is 0 Å². The van der Waals surface area contributed by atoms with Crippen LogP contribution in [0.2, 0.25) is 0 Å². The van der Waals surface area contributed by atoms with E-state index in [1.54, 1.807) is 0 Å². The summed E-state index contributed by atoms with van der Waals surface area (Å²) in [5.41, 5.74) is 0. The maximum atomic E-state index is 12.4. The average molecular weight is 180 g/mol. The van der Waals surface area contributed by atoms with Crippen LogP contribution in [0, 0.1) is 0 Å². The van der Waals surface area contributed by atoms with E-state index in [4.69, 9.17) is 0 Å². The highest BCUT2D eigenvalue weighted by molar-refractivity contribution is 5.81. The molecule has 0 bridgehead atoms. The van der Waals surface area contributed by atoms with Gasteiger partial charge in [0.05, 0.1) is 6.61 Å². The summed E-state index contributed by atoms with van der Waals surface area (Å²) >= 11 is 0. The van der Waals surface area contributed by atoms with E-state index in [9.17, 15) is 13.6 Å². The fourth-order valence-corrected chi connectivity index (χ4v) is 0.467. The summed E-state index contributed by atoms with van der Waals surface area (Å²) in [7, 11) is 0. The average Bonchev–Trinajstić information content (AvgIpc) is 2.00. The van der Waals surface area contributed by atoms with Gasteiger partial charge in [-0.15, -0.1) is 0 Å². The third-order valence-electron chi connectivity index (χ3n) is 0.905. The molecule has 0 unspecified atom stereocenters. The van der Waals surface area contributed by atoms with Gasteiger partial charge < -0.3 is 9.47 Å². The summed E-state index contributed by atoms with van der Waals surface area (Å²) in [4.78, 5) is 10.3. The van der Waals surface area contributed by atoms with E-state index in [1.807, 2.05) is 0 Å². The van der Waals surface area contributed by atoms with Gasteiger partial charge in [-0.05, 0) is 6.92 Å². The summed E-state index contributed by atoms with van der Waals surface area (Å²) < 4.78 is 32.8. The lowest BCUT2D eigenvalue weighted by Gasteiger charge is -2.14. The fourth-order valence-electron chi connectivity index (χ4n) is 0.467. The first kappa shape index (κ1) is 11.0. The Balaban J connectivity index is 3.74. The van der Waals surface area contributed by atoms with E-state index in [0.717, 1.165) is 6.08 Å². The molecule has 0 saturated heterocycles. The van der Waals surface area contributed by atoms with Gasteiger partial charge in [0.2, 0.25) is 0 Å². The zero-order valence-electron chi connectivity index (χ0n) is 6.68. The lowest BCUT2D eigenvalue weighted by Crippen LogP contribution is -2.28. The molecule has 0 aromatic rings. The van der Waals surface area contributed by atoms with Crippen LogP contribution in [-0.2, 0) is 14.3 Å². The molecule has 0 spiro atoms. The molecule has 0 aliphatic rings. The molecule has 0 saturated carbocycles. The van der Waals surface area contributed by atoms with Gasteiger partial charge in [-0.1, -0.05) is 6.58 Å². The predicted octanol–water partition coefficient (Wildman–Crippen LogP) is 1.34. The van der Waals surface area contributed by atoms with E-state index in [-0.39, 0.29) is 6.61 Å². The van der Waals surface area contributed by atoms with Gasteiger partial charge >= 0.3 is 12.1 Å². The Kier molecular flexibility index (Phi) is 4.43. The minimum absolute atomic E-state index is 0.140. The molecule has 0 aromatic heterocycles. The standard InChI is InChI=1S/C7H10F2O3/c1-3-6(10)11-5-7(8,9)12-4-2/h3H,1,4-5H2,2H3. The summed E-state index contributed by atoms with van der Waals surface area (Å²) in [6, 6.07) is 0. The molecule has 0 N–H and O–H groups in total. The van der Waals surface area contributed by atoms with E-state index >= 15 is 0 Å². The Morgan fingerprint density at radius 1 is 1.67 bits per heavy atom. The van der Waals surface area contributed by atoms with Crippen LogP contribution in [0.5, 0.6) is 0 Å². The SMILES string of the molecule is C=CC(=O)OCC(F)(F)OCC. The summed E-state index contributed by atoms with van der Waals surface area (Å²) in [5.74, 6) is -0.894. The highest BCUT2D eigenvalue weighted by Crippen LogP contribution is 2.15. The molecule has 5 heteroatoms. The lowest BCUT2D eigenvalue weighted by atomic mass is 10.6. The molecule has 0 fully saturated rings. The van der Waals surface area contributed by atoms with Gasteiger partial charge in [0.1, 0.15) is 0 Å². The Bertz CT molecular complexity index is 168. The molecule has 3 nitrogen and oxygen atoms in total. The molecule has 0 rings (SSSR count). The summed E-state index contributed by atoms with van der Waals surface area (Å²) in [5, 5.41) is 0. The molecule has 0 aliphatic carbocycles. The number of hydrogen-bond donors (Lipinski definition) is 0.